The molecule has 0 aliphatic carbocycles. The minimum Gasteiger partial charge on any atom is -0.496 e. The lowest BCUT2D eigenvalue weighted by Crippen LogP contribution is -2.39. The van der Waals surface area contributed by atoms with Crippen molar-refractivity contribution in [2.75, 3.05) is 55.1 Å². The Balaban J connectivity index is 0.00000544. The summed E-state index contributed by atoms with van der Waals surface area (Å²) in [4.78, 5) is 17.9. The number of amides is 1. The van der Waals surface area contributed by atoms with Gasteiger partial charge in [-0.25, -0.2) is 0 Å². The lowest BCUT2D eigenvalue weighted by atomic mass is 10.1. The highest BCUT2D eigenvalue weighted by Crippen LogP contribution is 2.27. The highest BCUT2D eigenvalue weighted by Gasteiger charge is 2.08. The lowest BCUT2D eigenvalue weighted by Gasteiger charge is -2.14. The zero-order chi connectivity index (χ0) is 23.3. The quantitative estimate of drug-likeness (QED) is 0.187. The van der Waals surface area contributed by atoms with Crippen LogP contribution in [0.5, 0.6) is 17.2 Å². The summed E-state index contributed by atoms with van der Waals surface area (Å²) in [7, 11) is 8.47. The Kier molecular flexibility index (Phi) is 13.1. The number of carbonyl (C=O) groups excluding carboxylic acids is 1. The summed E-state index contributed by atoms with van der Waals surface area (Å²) in [5.41, 5.74) is 1.80. The van der Waals surface area contributed by atoms with Crippen LogP contribution in [0.4, 0.5) is 0 Å². The van der Waals surface area contributed by atoms with E-state index in [2.05, 4.69) is 15.6 Å². The monoisotopic (exact) mass is 570 g/mol. The number of guanidine groups is 1. The lowest BCUT2D eigenvalue weighted by molar-refractivity contribution is 0.0827. The molecule has 0 saturated heterocycles. The van der Waals surface area contributed by atoms with Crippen molar-refractivity contribution in [3.8, 4) is 17.2 Å². The Bertz CT molecular complexity index is 884. The summed E-state index contributed by atoms with van der Waals surface area (Å²) in [5, 5.41) is 6.58. The van der Waals surface area contributed by atoms with E-state index < -0.39 is 0 Å². The number of rotatable bonds is 11. The van der Waals surface area contributed by atoms with E-state index in [0.717, 1.165) is 24.4 Å². The first-order valence-corrected chi connectivity index (χ1v) is 10.6. The topological polar surface area (TPSA) is 84.4 Å². The first-order chi connectivity index (χ1) is 15.5. The van der Waals surface area contributed by atoms with Crippen LogP contribution >= 0.6 is 24.0 Å². The Morgan fingerprint density at radius 2 is 1.61 bits per heavy atom. The summed E-state index contributed by atoms with van der Waals surface area (Å²) < 4.78 is 16.3. The van der Waals surface area contributed by atoms with Crippen LogP contribution in [0.1, 0.15) is 22.3 Å². The summed E-state index contributed by atoms with van der Waals surface area (Å²) in [6.07, 6.45) is 1.59. The van der Waals surface area contributed by atoms with Gasteiger partial charge < -0.3 is 29.7 Å². The average molecular weight is 570 g/mol. The van der Waals surface area contributed by atoms with Gasteiger partial charge in [-0.15, -0.1) is 24.0 Å². The van der Waals surface area contributed by atoms with Gasteiger partial charge in [-0.2, -0.15) is 0 Å². The third kappa shape index (κ3) is 9.77. The van der Waals surface area contributed by atoms with Gasteiger partial charge in [0, 0.05) is 58.0 Å². The first kappa shape index (κ1) is 28.3. The molecule has 33 heavy (non-hydrogen) atoms. The van der Waals surface area contributed by atoms with Crippen LogP contribution in [0.3, 0.4) is 0 Å². The van der Waals surface area contributed by atoms with E-state index in [1.807, 2.05) is 36.4 Å². The Morgan fingerprint density at radius 3 is 2.21 bits per heavy atom. The second-order valence-electron chi connectivity index (χ2n) is 7.33. The molecule has 2 aromatic rings. The fourth-order valence-corrected chi connectivity index (χ4v) is 3.00. The summed E-state index contributed by atoms with van der Waals surface area (Å²) in [6.45, 7) is 1.97. The van der Waals surface area contributed by atoms with Gasteiger partial charge in [-0.3, -0.25) is 9.79 Å². The molecule has 0 aliphatic rings. The minimum atomic E-state index is 0. The minimum absolute atomic E-state index is 0. The molecule has 0 bridgehead atoms. The number of nitrogens with one attached hydrogen (secondary N) is 2. The molecule has 0 aliphatic heterocycles. The van der Waals surface area contributed by atoms with Gasteiger partial charge in [0.05, 0.1) is 20.8 Å². The number of carbonyl (C=O) groups is 1. The van der Waals surface area contributed by atoms with E-state index in [4.69, 9.17) is 14.2 Å². The number of aliphatic imine (C=N–C) groups is 1. The molecule has 0 heterocycles. The highest BCUT2D eigenvalue weighted by molar-refractivity contribution is 14.0. The smallest absolute Gasteiger partial charge is 0.253 e. The molecule has 0 saturated carbocycles. The van der Waals surface area contributed by atoms with E-state index in [1.54, 1.807) is 46.3 Å². The van der Waals surface area contributed by atoms with Crippen LogP contribution < -0.4 is 24.8 Å². The highest BCUT2D eigenvalue weighted by atomic mass is 127. The molecule has 0 aromatic heterocycles. The molecular formula is C24H35IN4O4. The largest absolute Gasteiger partial charge is 0.496 e. The van der Waals surface area contributed by atoms with E-state index in [1.165, 1.54) is 0 Å². The second kappa shape index (κ2) is 15.2. The van der Waals surface area contributed by atoms with Crippen molar-refractivity contribution >= 4 is 35.8 Å². The SMILES string of the molecule is CN=C(NCCCOc1cc(OC)cc(OC)c1)NCCc1cccc(C(=O)N(C)C)c1.I. The van der Waals surface area contributed by atoms with Crippen molar-refractivity contribution in [2.45, 2.75) is 12.8 Å². The number of ether oxygens (including phenoxy) is 3. The number of hydrogen-bond donors (Lipinski definition) is 2. The van der Waals surface area contributed by atoms with Crippen molar-refractivity contribution in [1.29, 1.82) is 0 Å². The van der Waals surface area contributed by atoms with Crippen molar-refractivity contribution in [3.05, 3.63) is 53.6 Å². The van der Waals surface area contributed by atoms with E-state index in [0.29, 0.717) is 42.5 Å². The van der Waals surface area contributed by atoms with Gasteiger partial charge >= 0.3 is 0 Å². The normalized spacial score (nSPS) is 10.6. The molecule has 2 aromatic carbocycles. The van der Waals surface area contributed by atoms with Crippen LogP contribution in [0, 0.1) is 0 Å². The van der Waals surface area contributed by atoms with Crippen LogP contribution in [0.2, 0.25) is 0 Å². The molecule has 9 heteroatoms. The third-order valence-electron chi connectivity index (χ3n) is 4.72. The van der Waals surface area contributed by atoms with Crippen LogP contribution in [0.25, 0.3) is 0 Å². The van der Waals surface area contributed by atoms with Gasteiger partial charge in [-0.1, -0.05) is 12.1 Å². The van der Waals surface area contributed by atoms with Gasteiger partial charge in [0.15, 0.2) is 5.96 Å². The maximum atomic E-state index is 12.1. The average Bonchev–Trinajstić information content (AvgIpc) is 2.81. The predicted molar refractivity (Wildman–Crippen MR) is 143 cm³/mol. The standard InChI is InChI=1S/C24H34N4O4.HI/c1-25-24(27-12-10-18-8-6-9-19(14-18)23(29)28(2)3)26-11-7-13-32-22-16-20(30-4)15-21(17-22)31-5;/h6,8-9,14-17H,7,10-13H2,1-5H3,(H2,25,26,27);1H. The maximum Gasteiger partial charge on any atom is 0.253 e. The molecule has 0 atom stereocenters. The molecule has 2 N–H and O–H groups in total. The number of methoxy groups -OCH3 is 2. The van der Waals surface area contributed by atoms with Crippen molar-refractivity contribution in [1.82, 2.24) is 15.5 Å². The molecule has 8 nitrogen and oxygen atoms in total. The van der Waals surface area contributed by atoms with E-state index in [9.17, 15) is 4.79 Å². The first-order valence-electron chi connectivity index (χ1n) is 10.6. The zero-order valence-corrected chi connectivity index (χ0v) is 22.3. The molecule has 0 radical (unpaired) electrons. The fraction of sp³-hybridized carbons (Fsp3) is 0.417. The number of hydrogen-bond acceptors (Lipinski definition) is 5. The number of nitrogens with zero attached hydrogens (tertiary/aromatic N) is 2. The van der Waals surface area contributed by atoms with Crippen LogP contribution in [-0.4, -0.2) is 71.8 Å². The van der Waals surface area contributed by atoms with Crippen LogP contribution in [0.15, 0.2) is 47.5 Å². The van der Waals surface area contributed by atoms with Crippen molar-refractivity contribution < 1.29 is 19.0 Å². The maximum absolute atomic E-state index is 12.1. The van der Waals surface area contributed by atoms with Gasteiger partial charge in [-0.05, 0) is 30.5 Å². The van der Waals surface area contributed by atoms with Gasteiger partial charge in [0.25, 0.3) is 5.91 Å². The molecule has 182 valence electrons. The molecule has 0 fully saturated rings. The van der Waals surface area contributed by atoms with Crippen molar-refractivity contribution in [3.63, 3.8) is 0 Å². The third-order valence-corrected chi connectivity index (χ3v) is 4.72. The number of benzene rings is 2. The molecule has 1 amide bonds. The van der Waals surface area contributed by atoms with Gasteiger partial charge in [0.1, 0.15) is 17.2 Å². The number of halogens is 1. The predicted octanol–water partition coefficient (Wildman–Crippen LogP) is 3.20. The Morgan fingerprint density at radius 1 is 0.970 bits per heavy atom. The van der Waals surface area contributed by atoms with Crippen LogP contribution in [-0.2, 0) is 6.42 Å². The molecule has 2 rings (SSSR count). The second-order valence-corrected chi connectivity index (χ2v) is 7.33. The van der Waals surface area contributed by atoms with E-state index in [-0.39, 0.29) is 29.9 Å². The van der Waals surface area contributed by atoms with E-state index >= 15 is 0 Å². The molecular weight excluding hydrogens is 535 g/mol. The Hall–Kier alpha value is -2.69. The molecule has 0 spiro atoms. The summed E-state index contributed by atoms with van der Waals surface area (Å²) >= 11 is 0. The summed E-state index contributed by atoms with van der Waals surface area (Å²) in [6, 6.07) is 13.2. The Labute approximate surface area is 213 Å². The summed E-state index contributed by atoms with van der Waals surface area (Å²) in [5.74, 6) is 2.83. The zero-order valence-electron chi connectivity index (χ0n) is 20.0. The fourth-order valence-electron chi connectivity index (χ4n) is 3.00. The van der Waals surface area contributed by atoms with Crippen molar-refractivity contribution in [2.24, 2.45) is 4.99 Å². The van der Waals surface area contributed by atoms with Gasteiger partial charge in [0.2, 0.25) is 0 Å². The molecule has 0 unspecified atom stereocenters.